The van der Waals surface area contributed by atoms with Gasteiger partial charge in [-0.25, -0.2) is 0 Å². The molecule has 0 bridgehead atoms. The molecule has 8 heteroatoms. The van der Waals surface area contributed by atoms with Gasteiger partial charge in [0, 0.05) is 6.54 Å². The summed E-state index contributed by atoms with van der Waals surface area (Å²) in [7, 11) is 1.62. The van der Waals surface area contributed by atoms with Crippen molar-refractivity contribution in [2.45, 2.75) is 29.1 Å². The Kier molecular flexibility index (Phi) is 7.94. The Balaban J connectivity index is 4.21. The molecule has 0 aliphatic rings. The average Bonchev–Trinajstić information content (AvgIpc) is 2.25. The zero-order valence-electron chi connectivity index (χ0n) is 8.88. The van der Waals surface area contributed by atoms with Crippen molar-refractivity contribution < 1.29 is 25.5 Å². The van der Waals surface area contributed by atoms with Crippen molar-refractivity contribution >= 4 is 25.3 Å². The van der Waals surface area contributed by atoms with Crippen LogP contribution in [0, 0.1) is 0 Å². The molecule has 4 unspecified atom stereocenters. The van der Waals surface area contributed by atoms with E-state index in [9.17, 15) is 15.3 Å². The number of hydrogen-bond donors (Lipinski definition) is 7. The Morgan fingerprint density at radius 1 is 1.00 bits per heavy atom. The number of hydrogen-bond acceptors (Lipinski definition) is 8. The van der Waals surface area contributed by atoms with Gasteiger partial charge in [-0.3, -0.25) is 4.90 Å². The molecule has 0 saturated heterocycles. The predicted octanol–water partition coefficient (Wildman–Crippen LogP) is -2.50. The van der Waals surface area contributed by atoms with Gasteiger partial charge in [-0.1, -0.05) is 0 Å². The van der Waals surface area contributed by atoms with Gasteiger partial charge in [0.1, 0.15) is 18.3 Å². The second kappa shape index (κ2) is 7.72. The first-order valence-corrected chi connectivity index (χ1v) is 5.74. The van der Waals surface area contributed by atoms with E-state index in [-0.39, 0.29) is 6.54 Å². The van der Waals surface area contributed by atoms with E-state index >= 15 is 0 Å². The summed E-state index contributed by atoms with van der Waals surface area (Å²) < 4.78 is -0.415. The number of aliphatic hydroxyl groups is 5. The lowest BCUT2D eigenvalue weighted by atomic mass is 10.0. The summed E-state index contributed by atoms with van der Waals surface area (Å²) in [5.74, 6) is 0. The number of likely N-dealkylation sites (N-methyl/N-ethyl adjacent to an activating group) is 1. The molecule has 0 aromatic carbocycles. The van der Waals surface area contributed by atoms with Crippen LogP contribution in [0.25, 0.3) is 0 Å². The lowest BCUT2D eigenvalue weighted by molar-refractivity contribution is -0.118. The number of aliphatic hydroxyl groups excluding tert-OH is 5. The summed E-state index contributed by atoms with van der Waals surface area (Å²) in [4.78, 5) is 1.53. The fraction of sp³-hybridized carbons (Fsp3) is 1.00. The highest BCUT2D eigenvalue weighted by atomic mass is 32.2. The van der Waals surface area contributed by atoms with Crippen molar-refractivity contribution in [3.8, 4) is 0 Å². The molecule has 98 valence electrons. The molecule has 5 N–H and O–H groups in total. The molecular weight excluding hydrogens is 254 g/mol. The number of nitrogens with zero attached hydrogens (tertiary/aromatic N) is 1. The molecular formula is C8H19NO5S2. The van der Waals surface area contributed by atoms with E-state index in [0.29, 0.717) is 0 Å². The summed E-state index contributed by atoms with van der Waals surface area (Å²) in [6.45, 7) is -0.670. The van der Waals surface area contributed by atoms with E-state index in [0.717, 1.165) is 0 Å². The van der Waals surface area contributed by atoms with E-state index in [1.807, 2.05) is 0 Å². The first kappa shape index (κ1) is 16.5. The standard InChI is InChI=1S/C8H19NO5S2/c1-9(8(15)16)2-4(11)6(13)7(14)5(12)3-10/h4-8,10-16H,2-3H2,1H3. The van der Waals surface area contributed by atoms with Gasteiger partial charge in [0.25, 0.3) is 0 Å². The topological polar surface area (TPSA) is 104 Å². The van der Waals surface area contributed by atoms with E-state index in [1.165, 1.54) is 4.90 Å². The van der Waals surface area contributed by atoms with Gasteiger partial charge in [0.15, 0.2) is 0 Å². The highest BCUT2D eigenvalue weighted by Gasteiger charge is 2.30. The highest BCUT2D eigenvalue weighted by Crippen LogP contribution is 2.10. The zero-order chi connectivity index (χ0) is 12.9. The Labute approximate surface area is 105 Å². The minimum atomic E-state index is -1.60. The molecule has 0 aromatic rings. The van der Waals surface area contributed by atoms with Crippen LogP contribution in [0.1, 0.15) is 0 Å². The summed E-state index contributed by atoms with van der Waals surface area (Å²) >= 11 is 7.98. The van der Waals surface area contributed by atoms with Crippen molar-refractivity contribution in [2.75, 3.05) is 20.2 Å². The van der Waals surface area contributed by atoms with Gasteiger partial charge in [0.05, 0.1) is 17.4 Å². The van der Waals surface area contributed by atoms with E-state index in [1.54, 1.807) is 7.05 Å². The average molecular weight is 273 g/mol. The van der Waals surface area contributed by atoms with Crippen molar-refractivity contribution in [1.82, 2.24) is 4.90 Å². The van der Waals surface area contributed by atoms with E-state index in [4.69, 9.17) is 10.2 Å². The van der Waals surface area contributed by atoms with Crippen molar-refractivity contribution in [3.63, 3.8) is 0 Å². The van der Waals surface area contributed by atoms with Crippen molar-refractivity contribution in [1.29, 1.82) is 0 Å². The largest absolute Gasteiger partial charge is 0.394 e. The van der Waals surface area contributed by atoms with Crippen molar-refractivity contribution in [2.24, 2.45) is 0 Å². The van der Waals surface area contributed by atoms with Gasteiger partial charge < -0.3 is 25.5 Å². The maximum Gasteiger partial charge on any atom is 0.111 e. The lowest BCUT2D eigenvalue weighted by Crippen LogP contribution is -2.49. The first-order chi connectivity index (χ1) is 7.31. The molecule has 0 radical (unpaired) electrons. The van der Waals surface area contributed by atoms with Crippen LogP contribution in [-0.4, -0.2) is 79.8 Å². The Morgan fingerprint density at radius 2 is 1.44 bits per heavy atom. The first-order valence-electron chi connectivity index (χ1n) is 4.70. The van der Waals surface area contributed by atoms with Crippen LogP contribution in [-0.2, 0) is 0 Å². The Bertz CT molecular complexity index is 197. The van der Waals surface area contributed by atoms with Gasteiger partial charge >= 0.3 is 0 Å². The predicted molar refractivity (Wildman–Crippen MR) is 65.5 cm³/mol. The van der Waals surface area contributed by atoms with E-state index < -0.39 is 35.7 Å². The summed E-state index contributed by atoms with van der Waals surface area (Å²) in [6, 6.07) is 0. The molecule has 0 heterocycles. The fourth-order valence-corrected chi connectivity index (χ4v) is 1.25. The van der Waals surface area contributed by atoms with Crippen LogP contribution in [0.15, 0.2) is 0 Å². The summed E-state index contributed by atoms with van der Waals surface area (Å²) in [5.41, 5.74) is 0. The maximum atomic E-state index is 9.54. The maximum absolute atomic E-state index is 9.54. The summed E-state index contributed by atoms with van der Waals surface area (Å²) in [5, 5.41) is 46.0. The molecule has 6 nitrogen and oxygen atoms in total. The van der Waals surface area contributed by atoms with Gasteiger partial charge in [-0.15, -0.1) is 25.3 Å². The van der Waals surface area contributed by atoms with Crippen LogP contribution in [0.3, 0.4) is 0 Å². The van der Waals surface area contributed by atoms with Gasteiger partial charge in [-0.2, -0.15) is 0 Å². The highest BCUT2D eigenvalue weighted by molar-refractivity contribution is 7.99. The summed E-state index contributed by atoms with van der Waals surface area (Å²) in [6.07, 6.45) is -5.92. The third-order valence-corrected chi connectivity index (χ3v) is 2.98. The molecule has 0 aliphatic carbocycles. The minimum Gasteiger partial charge on any atom is -0.394 e. The lowest BCUT2D eigenvalue weighted by Gasteiger charge is -2.29. The number of rotatable bonds is 7. The SMILES string of the molecule is CN(CC(O)C(O)C(O)C(O)CO)C(S)S. The van der Waals surface area contributed by atoms with Crippen LogP contribution in [0.4, 0.5) is 0 Å². The molecule has 16 heavy (non-hydrogen) atoms. The third-order valence-electron chi connectivity index (χ3n) is 2.19. The van der Waals surface area contributed by atoms with Crippen molar-refractivity contribution in [3.05, 3.63) is 0 Å². The Morgan fingerprint density at radius 3 is 1.81 bits per heavy atom. The third kappa shape index (κ3) is 5.19. The molecule has 0 spiro atoms. The fourth-order valence-electron chi connectivity index (χ4n) is 1.06. The molecule has 0 amide bonds. The molecule has 0 aromatic heterocycles. The van der Waals surface area contributed by atoms with Gasteiger partial charge in [-0.05, 0) is 7.05 Å². The minimum absolute atomic E-state index is 0.0219. The smallest absolute Gasteiger partial charge is 0.111 e. The molecule has 0 aliphatic heterocycles. The van der Waals surface area contributed by atoms with Crippen LogP contribution >= 0.6 is 25.3 Å². The number of thiol groups is 2. The monoisotopic (exact) mass is 273 g/mol. The van der Waals surface area contributed by atoms with Gasteiger partial charge in [0.2, 0.25) is 0 Å². The Hall–Kier alpha value is 0.460. The second-order valence-corrected chi connectivity index (χ2v) is 4.97. The normalized spacial score (nSPS) is 19.9. The molecule has 4 atom stereocenters. The van der Waals surface area contributed by atoms with Crippen LogP contribution < -0.4 is 0 Å². The van der Waals surface area contributed by atoms with E-state index in [2.05, 4.69) is 25.3 Å². The molecule has 0 fully saturated rings. The van der Waals surface area contributed by atoms with Crippen LogP contribution in [0.2, 0.25) is 0 Å². The van der Waals surface area contributed by atoms with Crippen LogP contribution in [0.5, 0.6) is 0 Å². The molecule has 0 saturated carbocycles. The molecule has 0 rings (SSSR count). The second-order valence-electron chi connectivity index (χ2n) is 3.58. The zero-order valence-corrected chi connectivity index (χ0v) is 10.7. The quantitative estimate of drug-likeness (QED) is 0.204.